The van der Waals surface area contributed by atoms with Gasteiger partial charge < -0.3 is 26.5 Å². The quantitative estimate of drug-likeness (QED) is 0.165. The van der Waals surface area contributed by atoms with Crippen molar-refractivity contribution >= 4 is 132 Å². The van der Waals surface area contributed by atoms with E-state index in [2.05, 4.69) is 369 Å². The SMILES string of the molecule is Cc1ccc2c(c1)oc1ccc(-c3ccccc3)cc12.Cc1ccc2oc3ccc(-c4ccccc4)cc3c2c1.Cc1cccc2c1oc1ccc(-c3ccccc3)cc12.Cc1cccc2c1oc1cccc(-c3ccccc3)c12.Cc1cccc2oc3cc(-c4ccccc4)ccc3c12.Cc1cccc2oc3ccc(-c4ccccc4)cc3c12. The molecule has 0 saturated heterocycles. The molecular weight excluding hydrogens is 1470 g/mol. The molecule has 0 atom stereocenters. The molecule has 0 spiro atoms. The van der Waals surface area contributed by atoms with Crippen molar-refractivity contribution in [1.82, 2.24) is 0 Å². The maximum Gasteiger partial charge on any atom is 0.138 e. The molecule has 6 heteroatoms. The Balaban J connectivity index is 0.0000000952. The van der Waals surface area contributed by atoms with E-state index in [9.17, 15) is 0 Å². The van der Waals surface area contributed by atoms with Crippen molar-refractivity contribution in [2.24, 2.45) is 0 Å². The number of hydrogen-bond donors (Lipinski definition) is 0. The van der Waals surface area contributed by atoms with Crippen LogP contribution in [-0.4, -0.2) is 0 Å². The molecule has 6 aromatic heterocycles. The molecule has 0 fully saturated rings. The first kappa shape index (κ1) is 74.8. The van der Waals surface area contributed by atoms with Crippen LogP contribution in [0.4, 0.5) is 0 Å². The minimum atomic E-state index is 0.949. The molecule has 24 aromatic rings. The van der Waals surface area contributed by atoms with Crippen molar-refractivity contribution in [2.75, 3.05) is 0 Å². The van der Waals surface area contributed by atoms with Crippen LogP contribution in [0.5, 0.6) is 0 Å². The third-order valence-corrected chi connectivity index (χ3v) is 22.7. The summed E-state index contributed by atoms with van der Waals surface area (Å²) in [4.78, 5) is 0. The fourth-order valence-electron chi connectivity index (χ4n) is 16.6. The van der Waals surface area contributed by atoms with Gasteiger partial charge in [0, 0.05) is 64.6 Å². The van der Waals surface area contributed by atoms with E-state index >= 15 is 0 Å². The first-order valence-corrected chi connectivity index (χ1v) is 40.8. The average Bonchev–Trinajstić information content (AvgIpc) is 1.61. The fourth-order valence-corrected chi connectivity index (χ4v) is 16.6. The Morgan fingerprint density at radius 1 is 0.142 bits per heavy atom. The second-order valence-corrected chi connectivity index (χ2v) is 30.8. The van der Waals surface area contributed by atoms with Crippen LogP contribution >= 0.6 is 0 Å². The summed E-state index contributed by atoms with van der Waals surface area (Å²) in [6, 6.07) is 139. The van der Waals surface area contributed by atoms with Crippen LogP contribution < -0.4 is 0 Å². The van der Waals surface area contributed by atoms with Gasteiger partial charge in [0.25, 0.3) is 0 Å². The molecule has 0 unspecified atom stereocenters. The van der Waals surface area contributed by atoms with Crippen molar-refractivity contribution in [2.45, 2.75) is 41.5 Å². The van der Waals surface area contributed by atoms with Crippen molar-refractivity contribution in [3.05, 3.63) is 434 Å². The van der Waals surface area contributed by atoms with Crippen LogP contribution in [0.1, 0.15) is 33.4 Å². The lowest BCUT2D eigenvalue weighted by molar-refractivity contribution is 0.665. The molecule has 24 rings (SSSR count). The number of aryl methyl sites for hydroxylation is 6. The molecule has 0 amide bonds. The summed E-state index contributed by atoms with van der Waals surface area (Å²) < 4.78 is 35.8. The van der Waals surface area contributed by atoms with Gasteiger partial charge in [-0.15, -0.1) is 0 Å². The number of rotatable bonds is 6. The average molecular weight is 1550 g/mol. The zero-order valence-corrected chi connectivity index (χ0v) is 67.6. The molecule has 0 radical (unpaired) electrons. The number of hydrogen-bond acceptors (Lipinski definition) is 6. The zero-order chi connectivity index (χ0) is 81.2. The van der Waals surface area contributed by atoms with Gasteiger partial charge in [0.2, 0.25) is 0 Å². The zero-order valence-electron chi connectivity index (χ0n) is 67.6. The second-order valence-electron chi connectivity index (χ2n) is 30.8. The fraction of sp³-hybridized carbons (Fsp3) is 0.0526. The van der Waals surface area contributed by atoms with Gasteiger partial charge in [-0.05, 0) is 233 Å². The predicted molar refractivity (Wildman–Crippen MR) is 503 cm³/mol. The second kappa shape index (κ2) is 32.8. The van der Waals surface area contributed by atoms with Gasteiger partial charge >= 0.3 is 0 Å². The van der Waals surface area contributed by atoms with Gasteiger partial charge in [0.05, 0.1) is 0 Å². The summed E-state index contributed by atoms with van der Waals surface area (Å²) >= 11 is 0. The summed E-state index contributed by atoms with van der Waals surface area (Å²) in [5.41, 5.74) is 33.6. The molecule has 18 aromatic carbocycles. The Kier molecular flexibility index (Phi) is 20.5. The summed E-state index contributed by atoms with van der Waals surface area (Å²) in [5, 5.41) is 14.4. The molecule has 0 aliphatic heterocycles. The third kappa shape index (κ3) is 15.1. The van der Waals surface area contributed by atoms with E-state index in [0.29, 0.717) is 0 Å². The highest BCUT2D eigenvalue weighted by molar-refractivity contribution is 6.14. The minimum absolute atomic E-state index is 0.949. The Labute approximate surface area is 695 Å². The van der Waals surface area contributed by atoms with E-state index in [1.165, 1.54) is 165 Å². The number of furan rings is 6. The number of benzene rings is 18. The van der Waals surface area contributed by atoms with Gasteiger partial charge in [0.1, 0.15) is 67.0 Å². The molecule has 6 nitrogen and oxygen atoms in total. The van der Waals surface area contributed by atoms with Crippen molar-refractivity contribution < 1.29 is 26.5 Å². The summed E-state index contributed by atoms with van der Waals surface area (Å²) in [7, 11) is 0. The van der Waals surface area contributed by atoms with Crippen LogP contribution in [0, 0.1) is 41.5 Å². The topological polar surface area (TPSA) is 78.8 Å². The van der Waals surface area contributed by atoms with Crippen LogP contribution in [0.25, 0.3) is 198 Å². The van der Waals surface area contributed by atoms with Gasteiger partial charge in [-0.1, -0.05) is 309 Å². The van der Waals surface area contributed by atoms with Gasteiger partial charge in [-0.3, -0.25) is 0 Å². The molecule has 0 aliphatic carbocycles. The molecular formula is C114H84O6. The normalized spacial score (nSPS) is 11.2. The third-order valence-electron chi connectivity index (χ3n) is 22.7. The summed E-state index contributed by atoms with van der Waals surface area (Å²) in [6.45, 7) is 12.6. The number of para-hydroxylation sites is 2. The van der Waals surface area contributed by atoms with Crippen molar-refractivity contribution in [1.29, 1.82) is 0 Å². The molecule has 0 bridgehead atoms. The highest BCUT2D eigenvalue weighted by Crippen LogP contribution is 2.42. The maximum absolute atomic E-state index is 6.05. The lowest BCUT2D eigenvalue weighted by Gasteiger charge is -2.03. The predicted octanol–water partition coefficient (Wildman–Crippen LogP) is 33.4. The molecule has 0 saturated carbocycles. The molecule has 0 N–H and O–H groups in total. The van der Waals surface area contributed by atoms with Crippen LogP contribution in [0.2, 0.25) is 0 Å². The van der Waals surface area contributed by atoms with Gasteiger partial charge in [-0.2, -0.15) is 0 Å². The van der Waals surface area contributed by atoms with Crippen LogP contribution in [-0.2, 0) is 0 Å². The van der Waals surface area contributed by atoms with Crippen LogP contribution in [0.15, 0.2) is 427 Å². The van der Waals surface area contributed by atoms with E-state index < -0.39 is 0 Å². The number of fused-ring (bicyclic) bond motifs is 18. The monoisotopic (exact) mass is 1550 g/mol. The summed E-state index contributed by atoms with van der Waals surface area (Å²) in [5.74, 6) is 0. The minimum Gasteiger partial charge on any atom is -0.456 e. The van der Waals surface area contributed by atoms with E-state index in [4.69, 9.17) is 26.5 Å². The largest absolute Gasteiger partial charge is 0.456 e. The van der Waals surface area contributed by atoms with Crippen molar-refractivity contribution in [3.63, 3.8) is 0 Å². The molecule has 0 aliphatic rings. The Morgan fingerprint density at radius 2 is 0.450 bits per heavy atom. The highest BCUT2D eigenvalue weighted by atomic mass is 16.3. The lowest BCUT2D eigenvalue weighted by Crippen LogP contribution is -1.78. The highest BCUT2D eigenvalue weighted by Gasteiger charge is 2.18. The van der Waals surface area contributed by atoms with Crippen molar-refractivity contribution in [3.8, 4) is 66.8 Å². The molecule has 6 heterocycles. The lowest BCUT2D eigenvalue weighted by atomic mass is 9.99. The van der Waals surface area contributed by atoms with E-state index in [1.807, 2.05) is 72.8 Å². The van der Waals surface area contributed by atoms with Gasteiger partial charge in [0.15, 0.2) is 0 Å². The first-order valence-electron chi connectivity index (χ1n) is 40.8. The summed E-state index contributed by atoms with van der Waals surface area (Å²) in [6.07, 6.45) is 0. The first-order chi connectivity index (χ1) is 58.9. The van der Waals surface area contributed by atoms with Gasteiger partial charge in [-0.25, -0.2) is 0 Å². The smallest absolute Gasteiger partial charge is 0.138 e. The van der Waals surface area contributed by atoms with E-state index in [-0.39, 0.29) is 0 Å². The maximum atomic E-state index is 6.05. The Bertz CT molecular complexity index is 7740. The van der Waals surface area contributed by atoms with Crippen LogP contribution in [0.3, 0.4) is 0 Å². The Hall–Kier alpha value is -15.2. The molecule has 576 valence electrons. The standard InChI is InChI=1S/6C19H14O/c1-13-7-5-11-16-18-15(14-8-3-2-4-9-14)10-6-12-17(18)20-19(13)16;1-13-6-5-9-18-19(13)16-12-15(10-11-17(16)20-18)14-7-3-2-4-8-14;1-13-6-5-9-17-19(13)16-11-10-15(12-18(16)20-17)14-7-3-2-4-8-14;1-13-6-5-9-16-17-12-15(14-7-3-2-4-8-14)10-11-18(17)20-19(13)16;1-13-7-9-18-16(11-13)17-12-15(8-10-19(17)20-18)14-5-3-2-4-6-14;1-13-7-9-16-17-12-15(14-5-3-2-4-6-14)8-10-18(17)20-19(16)11-13/h6*2-12H,1H3. The van der Waals surface area contributed by atoms with E-state index in [1.54, 1.807) is 0 Å². The Morgan fingerprint density at radius 3 is 0.967 bits per heavy atom. The van der Waals surface area contributed by atoms with E-state index in [0.717, 1.165) is 67.0 Å². The molecule has 120 heavy (non-hydrogen) atoms.